The predicted octanol–water partition coefficient (Wildman–Crippen LogP) is 8.57. The Balaban J connectivity index is 0.000000372. The van der Waals surface area contributed by atoms with Crippen LogP contribution >= 0.6 is 0 Å². The Morgan fingerprint density at radius 1 is 0.784 bits per heavy atom. The Morgan fingerprint density at radius 2 is 1.30 bits per heavy atom. The number of fused-ring (bicyclic) bond motifs is 1. The average molecular weight is 679 g/mol. The molecule has 0 aliphatic carbocycles. The van der Waals surface area contributed by atoms with Crippen LogP contribution in [0.1, 0.15) is 82.6 Å². The number of pyridine rings is 1. The van der Waals surface area contributed by atoms with Crippen molar-refractivity contribution >= 4 is 22.5 Å². The Bertz CT molecular complexity index is 1150. The van der Waals surface area contributed by atoms with Crippen molar-refractivity contribution in [3.8, 4) is 11.3 Å². The zero-order valence-electron chi connectivity index (χ0n) is 24.1. The molecule has 37 heavy (non-hydrogen) atoms. The van der Waals surface area contributed by atoms with Gasteiger partial charge in [0, 0.05) is 37.3 Å². The first-order valence-corrected chi connectivity index (χ1v) is 13.5. The number of Topliss-reactive ketones (excluding diaryl/α,β-unsaturated/α-hetero) is 2. The van der Waals surface area contributed by atoms with Crippen molar-refractivity contribution in [1.29, 1.82) is 0 Å². The number of nitrogens with zero attached hydrogens (tertiary/aromatic N) is 1. The van der Waals surface area contributed by atoms with Crippen LogP contribution in [0.25, 0.3) is 22.2 Å². The zero-order valence-corrected chi connectivity index (χ0v) is 26.5. The third-order valence-corrected chi connectivity index (χ3v) is 7.21. The van der Waals surface area contributed by atoms with Crippen LogP contribution in [0.2, 0.25) is 0 Å². The molecule has 1 heterocycles. The molecule has 1 aromatic heterocycles. The maximum Gasteiger partial charge on any atom is 0.146 e. The van der Waals surface area contributed by atoms with Crippen LogP contribution in [0.4, 0.5) is 0 Å². The summed E-state index contributed by atoms with van der Waals surface area (Å²) < 4.78 is 0. The third-order valence-electron chi connectivity index (χ3n) is 7.21. The Morgan fingerprint density at radius 3 is 1.78 bits per heavy atom. The van der Waals surface area contributed by atoms with E-state index in [-0.39, 0.29) is 43.5 Å². The summed E-state index contributed by atoms with van der Waals surface area (Å²) in [5, 5.41) is 1.23. The molecule has 0 atom stereocenters. The van der Waals surface area contributed by atoms with Crippen LogP contribution in [0, 0.1) is 51.5 Å². The molecule has 0 aliphatic rings. The van der Waals surface area contributed by atoms with E-state index in [1.807, 2.05) is 27.7 Å². The summed E-state index contributed by atoms with van der Waals surface area (Å²) in [6, 6.07) is 16.3. The molecule has 0 bridgehead atoms. The van der Waals surface area contributed by atoms with E-state index < -0.39 is 5.92 Å². The predicted molar refractivity (Wildman–Crippen MR) is 152 cm³/mol. The van der Waals surface area contributed by atoms with Crippen LogP contribution in [0.15, 0.2) is 36.4 Å². The van der Waals surface area contributed by atoms with Crippen LogP contribution in [0.3, 0.4) is 0 Å². The van der Waals surface area contributed by atoms with Crippen LogP contribution in [-0.4, -0.2) is 16.6 Å². The zero-order chi connectivity index (χ0) is 27.0. The van der Waals surface area contributed by atoms with Crippen LogP contribution in [-0.2, 0) is 29.7 Å². The molecule has 0 fully saturated rings. The number of hydrogen-bond donors (Lipinski definition) is 0. The minimum absolute atomic E-state index is 0. The van der Waals surface area contributed by atoms with Gasteiger partial charge >= 0.3 is 0 Å². The van der Waals surface area contributed by atoms with E-state index in [4.69, 9.17) is 4.98 Å². The van der Waals surface area contributed by atoms with Gasteiger partial charge in [0.2, 0.25) is 0 Å². The topological polar surface area (TPSA) is 47.0 Å². The maximum atomic E-state index is 12.1. The second-order valence-electron chi connectivity index (χ2n) is 10.2. The molecule has 0 N–H and O–H groups in total. The standard InChI is InChI=1S/C19H18N.C14H26O2.Ir/c1-12-7-13(2)10-16(9-12)18-6-5-17-15(4)8-14(3)11-19(17)20-18;1-6-11(7-2)13(15)10(5)14(16)12(8-3)9-4;/h5-9,11H,1-4H3;10-12H,6-9H2,1-5H3;/q-1;;. The number of aryl methyl sites for hydroxylation is 4. The summed E-state index contributed by atoms with van der Waals surface area (Å²) >= 11 is 0. The Hall–Kier alpha value is -2.16. The molecule has 0 aliphatic heterocycles. The van der Waals surface area contributed by atoms with Gasteiger partial charge in [0.05, 0.1) is 11.4 Å². The Labute approximate surface area is 238 Å². The SMILES string of the molecule is CCC(CC)C(=O)C(C)C(=O)C(CC)CC.Cc1[c-]c(-c2ccc3c(C)cc(C)cc3n2)cc(C)c1.[Ir]. The van der Waals surface area contributed by atoms with Gasteiger partial charge in [-0.2, -0.15) is 0 Å². The summed E-state index contributed by atoms with van der Waals surface area (Å²) in [6.45, 7) is 18.3. The molecular formula is C33H44IrNO2-. The van der Waals surface area contributed by atoms with Crippen molar-refractivity contribution < 1.29 is 29.7 Å². The van der Waals surface area contributed by atoms with E-state index in [1.54, 1.807) is 6.92 Å². The van der Waals surface area contributed by atoms with Gasteiger partial charge < -0.3 is 0 Å². The molecule has 0 amide bonds. The molecule has 2 aromatic carbocycles. The fourth-order valence-corrected chi connectivity index (χ4v) is 5.01. The fourth-order valence-electron chi connectivity index (χ4n) is 5.01. The monoisotopic (exact) mass is 679 g/mol. The summed E-state index contributed by atoms with van der Waals surface area (Å²) in [6.07, 6.45) is 3.37. The van der Waals surface area contributed by atoms with Gasteiger partial charge in [-0.25, -0.2) is 0 Å². The van der Waals surface area contributed by atoms with Gasteiger partial charge in [0.15, 0.2) is 0 Å². The van der Waals surface area contributed by atoms with E-state index in [2.05, 4.69) is 70.2 Å². The van der Waals surface area contributed by atoms with Gasteiger partial charge in [-0.15, -0.1) is 34.9 Å². The molecule has 0 unspecified atom stereocenters. The third kappa shape index (κ3) is 8.69. The normalized spacial score (nSPS) is 10.9. The number of hydrogen-bond acceptors (Lipinski definition) is 3. The quantitative estimate of drug-likeness (QED) is 0.168. The second kappa shape index (κ2) is 15.3. The molecule has 3 rings (SSSR count). The van der Waals surface area contributed by atoms with E-state index in [0.29, 0.717) is 0 Å². The average Bonchev–Trinajstić information content (AvgIpc) is 2.84. The number of benzene rings is 2. The molecule has 4 heteroatoms. The van der Waals surface area contributed by atoms with E-state index in [0.717, 1.165) is 48.0 Å². The molecule has 0 spiro atoms. The number of carbonyl (C=O) groups is 2. The number of ketones is 2. The van der Waals surface area contributed by atoms with Gasteiger partial charge in [-0.3, -0.25) is 14.6 Å². The molecule has 203 valence electrons. The van der Waals surface area contributed by atoms with Crippen molar-refractivity contribution in [2.24, 2.45) is 17.8 Å². The first-order valence-electron chi connectivity index (χ1n) is 13.5. The first-order chi connectivity index (χ1) is 17.1. The van der Waals surface area contributed by atoms with Crippen molar-refractivity contribution in [3.63, 3.8) is 0 Å². The van der Waals surface area contributed by atoms with Crippen LogP contribution in [0.5, 0.6) is 0 Å². The van der Waals surface area contributed by atoms with Crippen molar-refractivity contribution in [3.05, 3.63) is 64.7 Å². The minimum Gasteiger partial charge on any atom is -0.299 e. The summed E-state index contributed by atoms with van der Waals surface area (Å²) in [5.74, 6) is 0.000208. The van der Waals surface area contributed by atoms with Crippen molar-refractivity contribution in [2.45, 2.75) is 88.0 Å². The van der Waals surface area contributed by atoms with Gasteiger partial charge in [0.25, 0.3) is 0 Å². The summed E-state index contributed by atoms with van der Waals surface area (Å²) in [7, 11) is 0. The van der Waals surface area contributed by atoms with Crippen molar-refractivity contribution in [2.75, 3.05) is 0 Å². The number of carbonyl (C=O) groups excluding carboxylic acids is 2. The van der Waals surface area contributed by atoms with E-state index in [1.165, 1.54) is 22.1 Å². The summed E-state index contributed by atoms with van der Waals surface area (Å²) in [5.41, 5.74) is 8.07. The van der Waals surface area contributed by atoms with Crippen molar-refractivity contribution in [1.82, 2.24) is 4.98 Å². The Kier molecular flexibility index (Phi) is 13.6. The van der Waals surface area contributed by atoms with E-state index in [9.17, 15) is 9.59 Å². The summed E-state index contributed by atoms with van der Waals surface area (Å²) in [4.78, 5) is 28.9. The van der Waals surface area contributed by atoms with E-state index >= 15 is 0 Å². The molecule has 3 aromatic rings. The molecule has 3 nitrogen and oxygen atoms in total. The number of rotatable bonds is 9. The molecule has 0 saturated carbocycles. The first kappa shape index (κ1) is 32.9. The van der Waals surface area contributed by atoms with Crippen LogP contribution < -0.4 is 0 Å². The fraction of sp³-hybridized carbons (Fsp3) is 0.485. The minimum atomic E-state index is -0.408. The second-order valence-corrected chi connectivity index (χ2v) is 10.2. The molecular weight excluding hydrogens is 635 g/mol. The van der Waals surface area contributed by atoms with Gasteiger partial charge in [-0.05, 0) is 69.3 Å². The largest absolute Gasteiger partial charge is 0.299 e. The van der Waals surface area contributed by atoms with Gasteiger partial charge in [-0.1, -0.05) is 59.7 Å². The van der Waals surface area contributed by atoms with Gasteiger partial charge in [0.1, 0.15) is 11.6 Å². The number of aromatic nitrogens is 1. The molecule has 0 saturated heterocycles. The molecule has 1 radical (unpaired) electrons. The smallest absolute Gasteiger partial charge is 0.146 e. The maximum absolute atomic E-state index is 12.1.